The topological polar surface area (TPSA) is 37.3 Å². The Morgan fingerprint density at radius 3 is 2.17 bits per heavy atom. The summed E-state index contributed by atoms with van der Waals surface area (Å²) in [4.78, 5) is 10.3. The first kappa shape index (κ1) is 9.21. The maximum atomic E-state index is 10.3. The first-order valence-electron chi connectivity index (χ1n) is 3.72. The SMILES string of the molecule is O=C(O)Cc1ccc(CP)cc1. The average molecular weight is 182 g/mol. The Morgan fingerprint density at radius 2 is 1.75 bits per heavy atom. The van der Waals surface area contributed by atoms with Crippen LogP contribution in [-0.4, -0.2) is 11.1 Å². The molecule has 64 valence electrons. The van der Waals surface area contributed by atoms with Crippen molar-refractivity contribution < 1.29 is 9.90 Å². The summed E-state index contributed by atoms with van der Waals surface area (Å²) in [6.07, 6.45) is 1.02. The number of aliphatic carboxylic acids is 1. The number of hydrogen-bond acceptors (Lipinski definition) is 1. The fourth-order valence-electron chi connectivity index (χ4n) is 0.968. The molecule has 0 saturated heterocycles. The van der Waals surface area contributed by atoms with Crippen LogP contribution in [0.15, 0.2) is 24.3 Å². The predicted molar refractivity (Wildman–Crippen MR) is 51.2 cm³/mol. The van der Waals surface area contributed by atoms with Crippen molar-refractivity contribution in [1.82, 2.24) is 0 Å². The summed E-state index contributed by atoms with van der Waals surface area (Å²) in [6.45, 7) is 0. The molecule has 3 heteroatoms. The number of rotatable bonds is 3. The van der Waals surface area contributed by atoms with Gasteiger partial charge in [-0.15, -0.1) is 9.24 Å². The molecule has 1 unspecified atom stereocenters. The Bertz CT molecular complexity index is 266. The van der Waals surface area contributed by atoms with Crippen molar-refractivity contribution in [1.29, 1.82) is 0 Å². The molecule has 0 spiro atoms. The highest BCUT2D eigenvalue weighted by molar-refractivity contribution is 7.15. The molecule has 1 rings (SSSR count). The standard InChI is InChI=1S/C9H11O2P/c10-9(11)5-7-1-3-8(6-12)4-2-7/h1-4H,5-6,12H2,(H,10,11). The van der Waals surface area contributed by atoms with E-state index in [-0.39, 0.29) is 6.42 Å². The number of carboxylic acids is 1. The van der Waals surface area contributed by atoms with Gasteiger partial charge in [0.1, 0.15) is 0 Å². The molecular weight excluding hydrogens is 171 g/mol. The fraction of sp³-hybridized carbons (Fsp3) is 0.222. The van der Waals surface area contributed by atoms with Crippen molar-refractivity contribution >= 4 is 15.2 Å². The van der Waals surface area contributed by atoms with E-state index in [1.54, 1.807) is 0 Å². The number of carbonyl (C=O) groups is 1. The molecule has 2 nitrogen and oxygen atoms in total. The van der Waals surface area contributed by atoms with Crippen LogP contribution in [0.2, 0.25) is 0 Å². The molecule has 0 aromatic heterocycles. The Morgan fingerprint density at radius 1 is 1.25 bits per heavy atom. The van der Waals surface area contributed by atoms with Crippen molar-refractivity contribution in [2.75, 3.05) is 0 Å². The van der Waals surface area contributed by atoms with Gasteiger partial charge in [-0.25, -0.2) is 0 Å². The Labute approximate surface area is 73.8 Å². The van der Waals surface area contributed by atoms with Gasteiger partial charge in [-0.05, 0) is 17.3 Å². The molecule has 12 heavy (non-hydrogen) atoms. The molecule has 1 atom stereocenters. The van der Waals surface area contributed by atoms with Crippen LogP contribution in [0.4, 0.5) is 0 Å². The highest BCUT2D eigenvalue weighted by atomic mass is 31.0. The zero-order valence-electron chi connectivity index (χ0n) is 6.66. The van der Waals surface area contributed by atoms with Crippen LogP contribution < -0.4 is 0 Å². The lowest BCUT2D eigenvalue weighted by molar-refractivity contribution is -0.136. The average Bonchev–Trinajstić information content (AvgIpc) is 2.05. The van der Waals surface area contributed by atoms with Gasteiger partial charge in [-0.3, -0.25) is 4.79 Å². The second-order valence-electron chi connectivity index (χ2n) is 2.59. The third-order valence-electron chi connectivity index (χ3n) is 1.61. The van der Waals surface area contributed by atoms with Crippen molar-refractivity contribution in [2.24, 2.45) is 0 Å². The van der Waals surface area contributed by atoms with Crippen molar-refractivity contribution in [3.63, 3.8) is 0 Å². The summed E-state index contributed by atoms with van der Waals surface area (Å²) >= 11 is 0. The van der Waals surface area contributed by atoms with Crippen LogP contribution in [0, 0.1) is 0 Å². The van der Waals surface area contributed by atoms with Gasteiger partial charge < -0.3 is 5.11 Å². The normalized spacial score (nSPS) is 9.75. The van der Waals surface area contributed by atoms with Gasteiger partial charge in [-0.1, -0.05) is 24.3 Å². The number of hydrogen-bond donors (Lipinski definition) is 1. The van der Waals surface area contributed by atoms with Crippen molar-refractivity contribution in [2.45, 2.75) is 12.6 Å². The molecule has 1 aromatic rings. The summed E-state index contributed by atoms with van der Waals surface area (Å²) in [5, 5.41) is 8.49. The summed E-state index contributed by atoms with van der Waals surface area (Å²) in [5.41, 5.74) is 2.05. The minimum Gasteiger partial charge on any atom is -0.481 e. The van der Waals surface area contributed by atoms with E-state index in [1.807, 2.05) is 24.3 Å². The monoisotopic (exact) mass is 182 g/mol. The summed E-state index contributed by atoms with van der Waals surface area (Å²) in [5.74, 6) is -0.784. The number of carboxylic acid groups (broad SMARTS) is 1. The molecule has 0 saturated carbocycles. The smallest absolute Gasteiger partial charge is 0.307 e. The van der Waals surface area contributed by atoms with E-state index in [1.165, 1.54) is 5.56 Å². The maximum absolute atomic E-state index is 10.3. The highest BCUT2D eigenvalue weighted by Crippen LogP contribution is 2.08. The predicted octanol–water partition coefficient (Wildman–Crippen LogP) is 1.69. The van der Waals surface area contributed by atoms with Gasteiger partial charge in [-0.2, -0.15) is 0 Å². The van der Waals surface area contributed by atoms with Crippen LogP contribution >= 0.6 is 9.24 Å². The van der Waals surface area contributed by atoms with Crippen molar-refractivity contribution in [3.8, 4) is 0 Å². The zero-order valence-corrected chi connectivity index (χ0v) is 7.81. The summed E-state index contributed by atoms with van der Waals surface area (Å²) in [6, 6.07) is 7.61. The lowest BCUT2D eigenvalue weighted by Crippen LogP contribution is -1.99. The first-order valence-corrected chi connectivity index (χ1v) is 4.53. The molecule has 0 aliphatic heterocycles. The van der Waals surface area contributed by atoms with E-state index in [0.717, 1.165) is 11.7 Å². The minimum atomic E-state index is -0.784. The largest absolute Gasteiger partial charge is 0.481 e. The third-order valence-corrected chi connectivity index (χ3v) is 2.09. The van der Waals surface area contributed by atoms with Gasteiger partial charge >= 0.3 is 5.97 Å². The molecule has 1 N–H and O–H groups in total. The second kappa shape index (κ2) is 4.22. The van der Waals surface area contributed by atoms with Gasteiger partial charge in [0, 0.05) is 0 Å². The molecule has 0 amide bonds. The highest BCUT2D eigenvalue weighted by Gasteiger charge is 1.98. The lowest BCUT2D eigenvalue weighted by Gasteiger charge is -1.98. The van der Waals surface area contributed by atoms with Crippen LogP contribution in [-0.2, 0) is 17.4 Å². The second-order valence-corrected chi connectivity index (χ2v) is 3.00. The fourth-order valence-corrected chi connectivity index (χ4v) is 1.24. The zero-order chi connectivity index (χ0) is 8.97. The molecule has 0 bridgehead atoms. The Balaban J connectivity index is 2.71. The van der Waals surface area contributed by atoms with Gasteiger partial charge in [0.25, 0.3) is 0 Å². The molecule has 0 aliphatic rings. The maximum Gasteiger partial charge on any atom is 0.307 e. The molecule has 0 radical (unpaired) electrons. The first-order chi connectivity index (χ1) is 5.72. The van der Waals surface area contributed by atoms with E-state index >= 15 is 0 Å². The minimum absolute atomic E-state index is 0.108. The third kappa shape index (κ3) is 2.63. The Kier molecular flexibility index (Phi) is 3.24. The van der Waals surface area contributed by atoms with Crippen LogP contribution in [0.25, 0.3) is 0 Å². The van der Waals surface area contributed by atoms with Crippen LogP contribution in [0.1, 0.15) is 11.1 Å². The quantitative estimate of drug-likeness (QED) is 0.722. The van der Waals surface area contributed by atoms with E-state index in [2.05, 4.69) is 9.24 Å². The number of benzene rings is 1. The molecular formula is C9H11O2P. The van der Waals surface area contributed by atoms with E-state index in [0.29, 0.717) is 0 Å². The van der Waals surface area contributed by atoms with Crippen LogP contribution in [0.5, 0.6) is 0 Å². The van der Waals surface area contributed by atoms with Gasteiger partial charge in [0.15, 0.2) is 0 Å². The van der Waals surface area contributed by atoms with Gasteiger partial charge in [0.2, 0.25) is 0 Å². The van der Waals surface area contributed by atoms with Crippen molar-refractivity contribution in [3.05, 3.63) is 35.4 Å². The van der Waals surface area contributed by atoms with Crippen LogP contribution in [0.3, 0.4) is 0 Å². The lowest BCUT2D eigenvalue weighted by atomic mass is 10.1. The van der Waals surface area contributed by atoms with E-state index in [9.17, 15) is 4.79 Å². The summed E-state index contributed by atoms with van der Waals surface area (Å²) < 4.78 is 0. The van der Waals surface area contributed by atoms with E-state index in [4.69, 9.17) is 5.11 Å². The molecule has 0 heterocycles. The molecule has 1 aromatic carbocycles. The van der Waals surface area contributed by atoms with E-state index < -0.39 is 5.97 Å². The van der Waals surface area contributed by atoms with Gasteiger partial charge in [0.05, 0.1) is 6.42 Å². The molecule has 0 aliphatic carbocycles. The summed E-state index contributed by atoms with van der Waals surface area (Å²) in [7, 11) is 2.63. The Hall–Kier alpha value is -0.880. The molecule has 0 fully saturated rings.